The lowest BCUT2D eigenvalue weighted by molar-refractivity contribution is -0.145. The highest BCUT2D eigenvalue weighted by Gasteiger charge is 2.34. The van der Waals surface area contributed by atoms with Gasteiger partial charge in [0.15, 0.2) is 0 Å². The van der Waals surface area contributed by atoms with Crippen LogP contribution in [0.2, 0.25) is 0 Å². The standard InChI is InChI=1S/C14H20FNO3/c1-4-14(5-2,13(17)18)16-9-10-8-11(15)6-7-12(10)19-3/h6-8,16H,4-5,9H2,1-3H3,(H,17,18). The summed E-state index contributed by atoms with van der Waals surface area (Å²) in [6, 6.07) is 4.20. The highest BCUT2D eigenvalue weighted by atomic mass is 19.1. The Kier molecular flexibility index (Phi) is 5.30. The fraction of sp³-hybridized carbons (Fsp3) is 0.500. The number of aliphatic carboxylic acids is 1. The molecule has 1 rings (SSSR count). The Bertz CT molecular complexity index is 444. The van der Waals surface area contributed by atoms with Crippen LogP contribution < -0.4 is 10.1 Å². The van der Waals surface area contributed by atoms with Gasteiger partial charge in [0.1, 0.15) is 17.1 Å². The zero-order valence-corrected chi connectivity index (χ0v) is 11.5. The summed E-state index contributed by atoms with van der Waals surface area (Å²) in [5.41, 5.74) is -0.382. The van der Waals surface area contributed by atoms with Crippen LogP contribution in [0.25, 0.3) is 0 Å². The number of carboxylic acid groups (broad SMARTS) is 1. The van der Waals surface area contributed by atoms with Gasteiger partial charge in [-0.1, -0.05) is 13.8 Å². The number of carboxylic acids is 1. The van der Waals surface area contributed by atoms with Gasteiger partial charge in [-0.2, -0.15) is 0 Å². The van der Waals surface area contributed by atoms with Gasteiger partial charge in [-0.05, 0) is 31.0 Å². The van der Waals surface area contributed by atoms with E-state index in [1.165, 1.54) is 25.3 Å². The van der Waals surface area contributed by atoms with Crippen LogP contribution >= 0.6 is 0 Å². The highest BCUT2D eigenvalue weighted by molar-refractivity contribution is 5.78. The third-order valence-electron chi connectivity index (χ3n) is 3.48. The molecule has 0 spiro atoms. The molecular weight excluding hydrogens is 249 g/mol. The minimum absolute atomic E-state index is 0.245. The molecule has 0 saturated carbocycles. The van der Waals surface area contributed by atoms with E-state index < -0.39 is 11.5 Å². The minimum atomic E-state index is -0.989. The maximum absolute atomic E-state index is 13.2. The summed E-state index contributed by atoms with van der Waals surface area (Å²) in [5.74, 6) is -0.722. The van der Waals surface area contributed by atoms with Gasteiger partial charge in [-0.3, -0.25) is 10.1 Å². The first-order valence-electron chi connectivity index (χ1n) is 6.30. The molecule has 0 radical (unpaired) electrons. The van der Waals surface area contributed by atoms with Gasteiger partial charge >= 0.3 is 5.97 Å². The van der Waals surface area contributed by atoms with Crippen molar-refractivity contribution in [3.63, 3.8) is 0 Å². The van der Waals surface area contributed by atoms with Crippen LogP contribution in [0, 0.1) is 5.82 Å². The third-order valence-corrected chi connectivity index (χ3v) is 3.48. The van der Waals surface area contributed by atoms with Gasteiger partial charge in [0, 0.05) is 12.1 Å². The quantitative estimate of drug-likeness (QED) is 0.798. The second-order valence-electron chi connectivity index (χ2n) is 4.40. The van der Waals surface area contributed by atoms with E-state index in [1.807, 2.05) is 13.8 Å². The summed E-state index contributed by atoms with van der Waals surface area (Å²) in [6.45, 7) is 3.87. The topological polar surface area (TPSA) is 58.6 Å². The molecule has 5 heteroatoms. The van der Waals surface area contributed by atoms with E-state index in [9.17, 15) is 14.3 Å². The van der Waals surface area contributed by atoms with Crippen molar-refractivity contribution in [2.75, 3.05) is 7.11 Å². The van der Waals surface area contributed by atoms with E-state index in [1.54, 1.807) is 0 Å². The van der Waals surface area contributed by atoms with Crippen LogP contribution in [0.3, 0.4) is 0 Å². The van der Waals surface area contributed by atoms with Crippen LogP contribution in [-0.2, 0) is 11.3 Å². The second-order valence-corrected chi connectivity index (χ2v) is 4.40. The lowest BCUT2D eigenvalue weighted by Gasteiger charge is -2.28. The fourth-order valence-electron chi connectivity index (χ4n) is 2.03. The van der Waals surface area contributed by atoms with Crippen LogP contribution in [0.15, 0.2) is 18.2 Å². The largest absolute Gasteiger partial charge is 0.496 e. The molecule has 4 nitrogen and oxygen atoms in total. The molecule has 0 atom stereocenters. The molecule has 0 amide bonds. The van der Waals surface area contributed by atoms with Crippen molar-refractivity contribution < 1.29 is 19.0 Å². The number of ether oxygens (including phenoxy) is 1. The van der Waals surface area contributed by atoms with Gasteiger partial charge in [0.05, 0.1) is 7.11 Å². The number of halogens is 1. The SMILES string of the molecule is CCC(CC)(NCc1cc(F)ccc1OC)C(=O)O. The lowest BCUT2D eigenvalue weighted by Crippen LogP contribution is -2.50. The molecule has 0 aromatic heterocycles. The Hall–Kier alpha value is -1.62. The maximum atomic E-state index is 13.2. The van der Waals surface area contributed by atoms with Crippen LogP contribution in [0.1, 0.15) is 32.3 Å². The molecule has 0 saturated heterocycles. The van der Waals surface area contributed by atoms with Crippen LogP contribution in [-0.4, -0.2) is 23.7 Å². The van der Waals surface area contributed by atoms with E-state index in [0.717, 1.165) is 0 Å². The van der Waals surface area contributed by atoms with Crippen molar-refractivity contribution in [1.29, 1.82) is 0 Å². The van der Waals surface area contributed by atoms with Crippen molar-refractivity contribution in [3.8, 4) is 5.75 Å². The predicted molar refractivity (Wildman–Crippen MR) is 70.7 cm³/mol. The molecule has 0 bridgehead atoms. The number of benzene rings is 1. The minimum Gasteiger partial charge on any atom is -0.496 e. The summed E-state index contributed by atoms with van der Waals surface area (Å²) >= 11 is 0. The second kappa shape index (κ2) is 6.52. The van der Waals surface area contributed by atoms with Crippen LogP contribution in [0.5, 0.6) is 5.75 Å². The molecule has 0 aliphatic carbocycles. The van der Waals surface area contributed by atoms with E-state index in [2.05, 4.69) is 5.32 Å². The van der Waals surface area contributed by atoms with E-state index >= 15 is 0 Å². The highest BCUT2D eigenvalue weighted by Crippen LogP contribution is 2.22. The zero-order valence-electron chi connectivity index (χ0n) is 11.5. The monoisotopic (exact) mass is 269 g/mol. The normalized spacial score (nSPS) is 11.4. The van der Waals surface area contributed by atoms with Gasteiger partial charge in [-0.25, -0.2) is 4.39 Å². The molecule has 0 fully saturated rings. The molecule has 1 aromatic rings. The van der Waals surface area contributed by atoms with Gasteiger partial charge in [-0.15, -0.1) is 0 Å². The number of hydrogen-bond donors (Lipinski definition) is 2. The van der Waals surface area contributed by atoms with Crippen LogP contribution in [0.4, 0.5) is 4.39 Å². The average Bonchev–Trinajstić information content (AvgIpc) is 2.40. The van der Waals surface area contributed by atoms with Gasteiger partial charge in [0.2, 0.25) is 0 Å². The first-order valence-corrected chi connectivity index (χ1v) is 6.30. The number of nitrogens with one attached hydrogen (secondary N) is 1. The molecule has 0 aliphatic rings. The first kappa shape index (κ1) is 15.4. The molecule has 0 unspecified atom stereocenters. The molecule has 0 aliphatic heterocycles. The molecule has 0 heterocycles. The molecule has 106 valence electrons. The maximum Gasteiger partial charge on any atom is 0.323 e. The first-order chi connectivity index (χ1) is 8.99. The van der Waals surface area contributed by atoms with E-state index in [0.29, 0.717) is 24.2 Å². The summed E-state index contributed by atoms with van der Waals surface area (Å²) in [4.78, 5) is 11.4. The van der Waals surface area contributed by atoms with Crippen molar-refractivity contribution in [2.24, 2.45) is 0 Å². The van der Waals surface area contributed by atoms with Gasteiger partial charge < -0.3 is 9.84 Å². The Balaban J connectivity index is 2.91. The van der Waals surface area contributed by atoms with E-state index in [4.69, 9.17) is 4.74 Å². The van der Waals surface area contributed by atoms with Crippen molar-refractivity contribution in [1.82, 2.24) is 5.32 Å². The van der Waals surface area contributed by atoms with Crippen molar-refractivity contribution >= 4 is 5.97 Å². The Labute approximate surface area is 112 Å². The number of methoxy groups -OCH3 is 1. The number of carbonyl (C=O) groups is 1. The molecule has 19 heavy (non-hydrogen) atoms. The summed E-state index contributed by atoms with van der Waals surface area (Å²) in [6.07, 6.45) is 0.910. The van der Waals surface area contributed by atoms with Crippen molar-refractivity contribution in [3.05, 3.63) is 29.6 Å². The lowest BCUT2D eigenvalue weighted by atomic mass is 9.92. The smallest absolute Gasteiger partial charge is 0.323 e. The van der Waals surface area contributed by atoms with Crippen molar-refractivity contribution in [2.45, 2.75) is 38.8 Å². The molecule has 2 N–H and O–H groups in total. The number of hydrogen-bond acceptors (Lipinski definition) is 3. The summed E-state index contributed by atoms with van der Waals surface area (Å²) in [7, 11) is 1.50. The molecular formula is C14H20FNO3. The Morgan fingerprint density at radius 1 is 1.42 bits per heavy atom. The van der Waals surface area contributed by atoms with Gasteiger partial charge in [0.25, 0.3) is 0 Å². The number of rotatable bonds is 7. The predicted octanol–water partition coefficient (Wildman–Crippen LogP) is 2.57. The Morgan fingerprint density at radius 3 is 2.53 bits per heavy atom. The average molecular weight is 269 g/mol. The summed E-state index contributed by atoms with van der Waals surface area (Å²) in [5, 5.41) is 12.3. The Morgan fingerprint density at radius 2 is 2.05 bits per heavy atom. The van der Waals surface area contributed by atoms with E-state index in [-0.39, 0.29) is 12.4 Å². The summed E-state index contributed by atoms with van der Waals surface area (Å²) < 4.78 is 18.4. The molecule has 1 aromatic carbocycles. The zero-order chi connectivity index (χ0) is 14.5. The third kappa shape index (κ3) is 3.44. The fourth-order valence-corrected chi connectivity index (χ4v) is 2.03.